The monoisotopic (exact) mass is 336 g/mol. The van der Waals surface area contributed by atoms with Crippen molar-refractivity contribution in [1.82, 2.24) is 9.46 Å². The Hall–Kier alpha value is -1.86. The number of methoxy groups -OCH3 is 1. The topological polar surface area (TPSA) is 72.6 Å². The first-order chi connectivity index (χ1) is 10.9. The van der Waals surface area contributed by atoms with E-state index >= 15 is 0 Å². The molecule has 0 N–H and O–H groups in total. The van der Waals surface area contributed by atoms with Gasteiger partial charge in [0.25, 0.3) is 0 Å². The fourth-order valence-corrected chi connectivity index (χ4v) is 4.70. The molecule has 3 rings (SSSR count). The first-order valence-electron chi connectivity index (χ1n) is 7.56. The Bertz CT molecular complexity index is 801. The van der Waals surface area contributed by atoms with Crippen LogP contribution >= 0.6 is 0 Å². The van der Waals surface area contributed by atoms with Crippen molar-refractivity contribution in [2.75, 3.05) is 20.2 Å². The Morgan fingerprint density at radius 3 is 2.48 bits per heavy atom. The Labute approximate surface area is 136 Å². The van der Waals surface area contributed by atoms with Crippen LogP contribution in [0, 0.1) is 13.8 Å². The van der Waals surface area contributed by atoms with Crippen LogP contribution in [0.3, 0.4) is 0 Å². The van der Waals surface area contributed by atoms with Crippen molar-refractivity contribution in [3.63, 3.8) is 0 Å². The van der Waals surface area contributed by atoms with Gasteiger partial charge in [-0.15, -0.1) is 0 Å². The molecule has 7 heteroatoms. The summed E-state index contributed by atoms with van der Waals surface area (Å²) in [5, 5.41) is 3.94. The molecule has 1 aliphatic rings. The van der Waals surface area contributed by atoms with Gasteiger partial charge in [-0.3, -0.25) is 0 Å². The van der Waals surface area contributed by atoms with Crippen molar-refractivity contribution < 1.29 is 17.7 Å². The van der Waals surface area contributed by atoms with Gasteiger partial charge in [-0.25, -0.2) is 8.42 Å². The highest BCUT2D eigenvalue weighted by molar-refractivity contribution is 7.89. The van der Waals surface area contributed by atoms with Crippen molar-refractivity contribution in [1.29, 1.82) is 0 Å². The average Bonchev–Trinajstić information content (AvgIpc) is 3.17. The third kappa shape index (κ3) is 2.74. The average molecular weight is 336 g/mol. The Kier molecular flexibility index (Phi) is 4.16. The molecule has 1 aromatic carbocycles. The van der Waals surface area contributed by atoms with E-state index in [9.17, 15) is 8.42 Å². The Morgan fingerprint density at radius 1 is 1.22 bits per heavy atom. The van der Waals surface area contributed by atoms with E-state index < -0.39 is 10.0 Å². The van der Waals surface area contributed by atoms with Crippen LogP contribution in [0.1, 0.15) is 24.3 Å². The molecule has 23 heavy (non-hydrogen) atoms. The minimum absolute atomic E-state index is 0.194. The van der Waals surface area contributed by atoms with Crippen LogP contribution in [0.5, 0.6) is 5.75 Å². The Morgan fingerprint density at radius 2 is 1.91 bits per heavy atom. The molecule has 1 saturated heterocycles. The second kappa shape index (κ2) is 5.98. The molecule has 1 aliphatic heterocycles. The van der Waals surface area contributed by atoms with Gasteiger partial charge < -0.3 is 9.26 Å². The Balaban J connectivity index is 2.14. The predicted octanol–water partition coefficient (Wildman–Crippen LogP) is 2.75. The van der Waals surface area contributed by atoms with Gasteiger partial charge in [-0.1, -0.05) is 11.2 Å². The number of rotatable bonds is 4. The third-order valence-electron chi connectivity index (χ3n) is 4.17. The van der Waals surface area contributed by atoms with Gasteiger partial charge in [0.05, 0.1) is 12.8 Å². The standard InChI is InChI=1S/C16H20N2O4S/c1-11-16(12(2)22-17-11)13-6-7-14(21-3)15(10-13)23(19,20)18-8-4-5-9-18/h6-7,10H,4-5,8-9H2,1-3H3. The molecule has 0 unspecified atom stereocenters. The lowest BCUT2D eigenvalue weighted by Gasteiger charge is -2.18. The minimum atomic E-state index is -3.56. The molecule has 2 aromatic rings. The molecule has 0 atom stereocenters. The lowest BCUT2D eigenvalue weighted by atomic mass is 10.0. The maximum absolute atomic E-state index is 12.9. The molecule has 0 saturated carbocycles. The molecule has 2 heterocycles. The van der Waals surface area contributed by atoms with Crippen LogP contribution in [0.15, 0.2) is 27.6 Å². The summed E-state index contributed by atoms with van der Waals surface area (Å²) in [7, 11) is -2.08. The zero-order valence-corrected chi connectivity index (χ0v) is 14.3. The van der Waals surface area contributed by atoms with E-state index in [0.717, 1.165) is 29.7 Å². The second-order valence-corrected chi connectivity index (χ2v) is 7.58. The smallest absolute Gasteiger partial charge is 0.246 e. The zero-order chi connectivity index (χ0) is 16.6. The van der Waals surface area contributed by atoms with Crippen molar-refractivity contribution in [2.24, 2.45) is 0 Å². The zero-order valence-electron chi connectivity index (χ0n) is 13.5. The summed E-state index contributed by atoms with van der Waals surface area (Å²) < 4.78 is 37.8. The highest BCUT2D eigenvalue weighted by Crippen LogP contribution is 2.35. The lowest BCUT2D eigenvalue weighted by Crippen LogP contribution is -2.28. The van der Waals surface area contributed by atoms with E-state index in [1.165, 1.54) is 11.4 Å². The van der Waals surface area contributed by atoms with Crippen molar-refractivity contribution in [2.45, 2.75) is 31.6 Å². The molecule has 0 radical (unpaired) electrons. The summed E-state index contributed by atoms with van der Waals surface area (Å²) in [6.45, 7) is 4.76. The maximum atomic E-state index is 12.9. The highest BCUT2D eigenvalue weighted by Gasteiger charge is 2.30. The minimum Gasteiger partial charge on any atom is -0.495 e. The molecule has 1 fully saturated rings. The fourth-order valence-electron chi connectivity index (χ4n) is 3.00. The number of aryl methyl sites for hydroxylation is 2. The summed E-state index contributed by atoms with van der Waals surface area (Å²) in [5.74, 6) is 1.02. The number of aromatic nitrogens is 1. The van der Waals surface area contributed by atoms with E-state index in [1.807, 2.05) is 19.9 Å². The van der Waals surface area contributed by atoms with Crippen molar-refractivity contribution in [3.8, 4) is 16.9 Å². The van der Waals surface area contributed by atoms with Crippen molar-refractivity contribution >= 4 is 10.0 Å². The molecule has 0 aliphatic carbocycles. The van der Waals surface area contributed by atoms with Crippen LogP contribution < -0.4 is 4.74 Å². The summed E-state index contributed by atoms with van der Waals surface area (Å²) in [6.07, 6.45) is 1.79. The molecular formula is C16H20N2O4S. The van der Waals surface area contributed by atoms with E-state index in [2.05, 4.69) is 5.16 Å². The van der Waals surface area contributed by atoms with Gasteiger partial charge in [0.15, 0.2) is 0 Å². The van der Waals surface area contributed by atoms with Gasteiger partial charge in [-0.05, 0) is 44.4 Å². The summed E-state index contributed by atoms with van der Waals surface area (Å²) >= 11 is 0. The van der Waals surface area contributed by atoms with Gasteiger partial charge in [-0.2, -0.15) is 4.31 Å². The van der Waals surface area contributed by atoms with Crippen molar-refractivity contribution in [3.05, 3.63) is 29.7 Å². The van der Waals surface area contributed by atoms with E-state index in [1.54, 1.807) is 12.1 Å². The SMILES string of the molecule is COc1ccc(-c2c(C)noc2C)cc1S(=O)(=O)N1CCCC1. The number of ether oxygens (including phenoxy) is 1. The first kappa shape index (κ1) is 16.0. The maximum Gasteiger partial charge on any atom is 0.246 e. The van der Waals surface area contributed by atoms with Gasteiger partial charge >= 0.3 is 0 Å². The molecule has 1 aromatic heterocycles. The van der Waals surface area contributed by atoms with Crippen LogP contribution in [-0.4, -0.2) is 38.1 Å². The predicted molar refractivity (Wildman–Crippen MR) is 86.0 cm³/mol. The summed E-state index contributed by atoms with van der Waals surface area (Å²) in [4.78, 5) is 0.194. The van der Waals surface area contributed by atoms with Crippen LogP contribution in [-0.2, 0) is 10.0 Å². The van der Waals surface area contributed by atoms with Crippen LogP contribution in [0.25, 0.3) is 11.1 Å². The van der Waals surface area contributed by atoms with E-state index in [0.29, 0.717) is 24.6 Å². The normalized spacial score (nSPS) is 16.0. The third-order valence-corrected chi connectivity index (χ3v) is 6.09. The fraction of sp³-hybridized carbons (Fsp3) is 0.438. The number of hydrogen-bond donors (Lipinski definition) is 0. The van der Waals surface area contributed by atoms with E-state index in [-0.39, 0.29) is 4.90 Å². The quantitative estimate of drug-likeness (QED) is 0.858. The number of benzene rings is 1. The van der Waals surface area contributed by atoms with E-state index in [4.69, 9.17) is 9.26 Å². The molecular weight excluding hydrogens is 316 g/mol. The van der Waals surface area contributed by atoms with Gasteiger partial charge in [0.1, 0.15) is 16.4 Å². The summed E-state index contributed by atoms with van der Waals surface area (Å²) in [5.41, 5.74) is 2.32. The highest BCUT2D eigenvalue weighted by atomic mass is 32.2. The summed E-state index contributed by atoms with van der Waals surface area (Å²) in [6, 6.07) is 5.16. The number of hydrogen-bond acceptors (Lipinski definition) is 5. The molecule has 0 amide bonds. The van der Waals surface area contributed by atoms with Gasteiger partial charge in [0.2, 0.25) is 10.0 Å². The van der Waals surface area contributed by atoms with Crippen LogP contribution in [0.2, 0.25) is 0 Å². The first-order valence-corrected chi connectivity index (χ1v) is 9.00. The molecule has 0 bridgehead atoms. The lowest BCUT2D eigenvalue weighted by molar-refractivity contribution is 0.393. The number of nitrogens with zero attached hydrogens (tertiary/aromatic N) is 2. The number of sulfonamides is 1. The molecule has 124 valence electrons. The largest absolute Gasteiger partial charge is 0.495 e. The van der Waals surface area contributed by atoms with Crippen LogP contribution in [0.4, 0.5) is 0 Å². The van der Waals surface area contributed by atoms with Gasteiger partial charge in [0, 0.05) is 18.7 Å². The second-order valence-electron chi connectivity index (χ2n) is 5.68. The molecule has 6 nitrogen and oxygen atoms in total. The molecule has 0 spiro atoms.